The standard InChI is InChI=1S/C30H29F3N4O4S.H2O/c31-30(32,33)22-9-7-20(8-10-22)24-19-23(34-29(35-24)36-14-16-40-17-15-36)11-12-26(38)25-5-3-13-37(25)42(39)28-18-21-4-1-2-6-27(21)41-28;/h1-2,4,6-10,18-19,25H,3,5,11-17H2;1H2/t25-,42?;/m0./s1. The van der Waals surface area contributed by atoms with Gasteiger partial charge in [-0.25, -0.2) is 18.5 Å². The van der Waals surface area contributed by atoms with Crippen LogP contribution in [-0.2, 0) is 33.1 Å². The Kier molecular flexibility index (Phi) is 9.25. The van der Waals surface area contributed by atoms with Crippen LogP contribution in [0.4, 0.5) is 19.1 Å². The van der Waals surface area contributed by atoms with Crippen LogP contribution in [0.25, 0.3) is 22.2 Å². The Bertz CT molecular complexity index is 1570. The van der Waals surface area contributed by atoms with E-state index in [4.69, 9.17) is 14.1 Å². The molecular weight excluding hydrogens is 585 g/mol. The Morgan fingerprint density at radius 3 is 2.47 bits per heavy atom. The fraction of sp³-hybridized carbons (Fsp3) is 0.367. The highest BCUT2D eigenvalue weighted by Gasteiger charge is 2.36. The lowest BCUT2D eigenvalue weighted by Crippen LogP contribution is -2.38. The van der Waals surface area contributed by atoms with E-state index in [0.717, 1.165) is 23.9 Å². The van der Waals surface area contributed by atoms with Crippen molar-refractivity contribution in [2.75, 3.05) is 37.7 Å². The molecule has 2 aliphatic heterocycles. The number of carbonyl (C=O) groups is 1. The lowest BCUT2D eigenvalue weighted by molar-refractivity contribution is -0.137. The molecule has 43 heavy (non-hydrogen) atoms. The number of para-hydroxylation sites is 1. The number of aromatic nitrogens is 2. The quantitative estimate of drug-likeness (QED) is 0.284. The number of anilines is 1. The second-order valence-electron chi connectivity index (χ2n) is 10.3. The molecule has 2 aromatic heterocycles. The minimum Gasteiger partial charge on any atom is -0.446 e. The summed E-state index contributed by atoms with van der Waals surface area (Å²) < 4.78 is 65.7. The summed E-state index contributed by atoms with van der Waals surface area (Å²) in [6, 6.07) is 15.3. The number of ketones is 1. The molecule has 2 atom stereocenters. The van der Waals surface area contributed by atoms with E-state index >= 15 is 0 Å². The Hall–Kier alpha value is -3.65. The zero-order valence-electron chi connectivity index (χ0n) is 23.2. The van der Waals surface area contributed by atoms with Crippen molar-refractivity contribution < 1.29 is 36.8 Å². The van der Waals surface area contributed by atoms with Gasteiger partial charge in [0.15, 0.2) is 16.8 Å². The molecule has 2 N–H and O–H groups in total. The van der Waals surface area contributed by atoms with Gasteiger partial charge in [0.05, 0.1) is 30.5 Å². The summed E-state index contributed by atoms with van der Waals surface area (Å²) in [7, 11) is -1.61. The number of benzene rings is 2. The Morgan fingerprint density at radius 1 is 1.00 bits per heavy atom. The number of halogens is 3. The first kappa shape index (κ1) is 30.8. The molecular formula is C30H31F3N4O5S. The largest absolute Gasteiger partial charge is 0.446 e. The third-order valence-electron chi connectivity index (χ3n) is 7.56. The minimum atomic E-state index is -4.43. The Balaban J connectivity index is 0.00000368. The van der Waals surface area contributed by atoms with Crippen molar-refractivity contribution in [1.29, 1.82) is 0 Å². The highest BCUT2D eigenvalue weighted by Crippen LogP contribution is 2.32. The summed E-state index contributed by atoms with van der Waals surface area (Å²) in [5.74, 6) is 0.409. The predicted octanol–water partition coefficient (Wildman–Crippen LogP) is 4.61. The Morgan fingerprint density at radius 2 is 1.74 bits per heavy atom. The molecule has 2 aliphatic rings. The number of ether oxygens (including phenoxy) is 1. The molecule has 0 radical (unpaired) electrons. The first-order valence-corrected chi connectivity index (χ1v) is 14.9. The van der Waals surface area contributed by atoms with Crippen molar-refractivity contribution in [1.82, 2.24) is 14.3 Å². The molecule has 0 aliphatic carbocycles. The van der Waals surface area contributed by atoms with Gasteiger partial charge in [0.2, 0.25) is 11.0 Å². The van der Waals surface area contributed by atoms with Gasteiger partial charge < -0.3 is 19.5 Å². The molecule has 0 bridgehead atoms. The van der Waals surface area contributed by atoms with Gasteiger partial charge in [0, 0.05) is 48.8 Å². The average molecular weight is 617 g/mol. The van der Waals surface area contributed by atoms with Crippen molar-refractivity contribution >= 4 is 33.7 Å². The number of alkyl halides is 3. The molecule has 0 amide bonds. The van der Waals surface area contributed by atoms with Crippen LogP contribution in [0.2, 0.25) is 0 Å². The summed E-state index contributed by atoms with van der Waals surface area (Å²) in [6.07, 6.45) is -2.60. The topological polar surface area (TPSA) is 120 Å². The molecule has 13 heteroatoms. The summed E-state index contributed by atoms with van der Waals surface area (Å²) in [5.41, 5.74) is 1.52. The van der Waals surface area contributed by atoms with Crippen LogP contribution in [-0.4, -0.2) is 68.6 Å². The summed E-state index contributed by atoms with van der Waals surface area (Å²) in [5, 5.41) is 1.18. The maximum Gasteiger partial charge on any atom is 0.416 e. The van der Waals surface area contributed by atoms with Crippen LogP contribution < -0.4 is 4.90 Å². The number of aryl methyl sites for hydroxylation is 1. The fourth-order valence-electron chi connectivity index (χ4n) is 5.33. The summed E-state index contributed by atoms with van der Waals surface area (Å²) in [6.45, 7) is 2.72. The number of hydrogen-bond acceptors (Lipinski definition) is 7. The zero-order chi connectivity index (χ0) is 29.3. The lowest BCUT2D eigenvalue weighted by Gasteiger charge is -2.27. The van der Waals surface area contributed by atoms with Crippen molar-refractivity contribution in [3.05, 3.63) is 71.9 Å². The van der Waals surface area contributed by atoms with E-state index in [9.17, 15) is 22.2 Å². The molecule has 0 spiro atoms. The molecule has 4 heterocycles. The zero-order valence-corrected chi connectivity index (χ0v) is 24.0. The molecule has 1 unspecified atom stereocenters. The molecule has 2 aromatic carbocycles. The summed E-state index contributed by atoms with van der Waals surface area (Å²) in [4.78, 5) is 24.7. The first-order valence-electron chi connectivity index (χ1n) is 13.8. The number of carbonyl (C=O) groups excluding carboxylic acids is 1. The van der Waals surface area contributed by atoms with Gasteiger partial charge in [0.1, 0.15) is 5.58 Å². The third kappa shape index (κ3) is 6.80. The highest BCUT2D eigenvalue weighted by atomic mass is 32.2. The van der Waals surface area contributed by atoms with E-state index in [0.29, 0.717) is 79.3 Å². The van der Waals surface area contributed by atoms with E-state index in [1.54, 1.807) is 16.4 Å². The van der Waals surface area contributed by atoms with Crippen LogP contribution in [0.5, 0.6) is 0 Å². The molecule has 6 rings (SSSR count). The molecule has 2 saturated heterocycles. The van der Waals surface area contributed by atoms with E-state index in [1.165, 1.54) is 12.1 Å². The smallest absolute Gasteiger partial charge is 0.416 e. The van der Waals surface area contributed by atoms with Crippen molar-refractivity contribution in [2.45, 2.75) is 43.0 Å². The van der Waals surface area contributed by atoms with Gasteiger partial charge in [-0.05, 0) is 43.5 Å². The van der Waals surface area contributed by atoms with Gasteiger partial charge >= 0.3 is 6.18 Å². The van der Waals surface area contributed by atoms with Crippen LogP contribution >= 0.6 is 0 Å². The molecule has 4 aromatic rings. The molecule has 228 valence electrons. The highest BCUT2D eigenvalue weighted by molar-refractivity contribution is 7.82. The van der Waals surface area contributed by atoms with E-state index in [-0.39, 0.29) is 17.7 Å². The number of morpholine rings is 1. The maximum atomic E-state index is 13.4. The molecule has 0 saturated carbocycles. The molecule has 2 fully saturated rings. The lowest BCUT2D eigenvalue weighted by atomic mass is 10.0. The number of rotatable bonds is 8. The van der Waals surface area contributed by atoms with Gasteiger partial charge in [-0.2, -0.15) is 13.2 Å². The van der Waals surface area contributed by atoms with E-state index in [2.05, 4.69) is 4.98 Å². The maximum absolute atomic E-state index is 13.4. The molecule has 9 nitrogen and oxygen atoms in total. The monoisotopic (exact) mass is 616 g/mol. The third-order valence-corrected chi connectivity index (χ3v) is 8.97. The Labute approximate surface area is 248 Å². The predicted molar refractivity (Wildman–Crippen MR) is 155 cm³/mol. The van der Waals surface area contributed by atoms with Crippen molar-refractivity contribution in [2.24, 2.45) is 0 Å². The second kappa shape index (κ2) is 12.9. The van der Waals surface area contributed by atoms with Crippen LogP contribution in [0.15, 0.2) is 70.2 Å². The van der Waals surface area contributed by atoms with Crippen molar-refractivity contribution in [3.8, 4) is 11.3 Å². The van der Waals surface area contributed by atoms with Crippen LogP contribution in [0.1, 0.15) is 30.5 Å². The van der Waals surface area contributed by atoms with Crippen LogP contribution in [0.3, 0.4) is 0 Å². The van der Waals surface area contributed by atoms with Crippen molar-refractivity contribution in [3.63, 3.8) is 0 Å². The average Bonchev–Trinajstić information content (AvgIpc) is 3.67. The van der Waals surface area contributed by atoms with E-state index < -0.39 is 28.8 Å². The van der Waals surface area contributed by atoms with Crippen LogP contribution in [0, 0.1) is 0 Å². The minimum absolute atomic E-state index is 0. The number of Topliss-reactive ketones (excluding diaryl/α,β-unsaturated/α-hetero) is 1. The first-order chi connectivity index (χ1) is 20.3. The number of furan rings is 1. The normalized spacial score (nSPS) is 18.5. The summed E-state index contributed by atoms with van der Waals surface area (Å²) >= 11 is 0. The fourth-order valence-corrected chi connectivity index (χ4v) is 6.70. The van der Waals surface area contributed by atoms with Gasteiger partial charge in [0.25, 0.3) is 0 Å². The SMILES string of the molecule is O.O=C(CCc1cc(-c2ccc(C(F)(F)F)cc2)nc(N2CCOCC2)n1)[C@@H]1CCCN1S(=O)c1cc2ccccc2o1. The van der Waals surface area contributed by atoms with Gasteiger partial charge in [-0.3, -0.25) is 4.79 Å². The second-order valence-corrected chi connectivity index (χ2v) is 11.7. The van der Waals surface area contributed by atoms with Gasteiger partial charge in [-0.15, -0.1) is 0 Å². The number of hydrogen-bond donors (Lipinski definition) is 0. The number of fused-ring (bicyclic) bond motifs is 1. The van der Waals surface area contributed by atoms with E-state index in [1.807, 2.05) is 29.2 Å². The van der Waals surface area contributed by atoms with Gasteiger partial charge in [-0.1, -0.05) is 30.3 Å². The number of nitrogens with zero attached hydrogens (tertiary/aromatic N) is 4.